The van der Waals surface area contributed by atoms with Crippen LogP contribution < -0.4 is 14.8 Å². The number of carbonyl (C=O) groups is 1. The summed E-state index contributed by atoms with van der Waals surface area (Å²) in [6.45, 7) is 8.62. The zero-order chi connectivity index (χ0) is 16.5. The lowest BCUT2D eigenvalue weighted by atomic mass is 9.73. The summed E-state index contributed by atoms with van der Waals surface area (Å²) in [5, 5.41) is 3.61. The molecule has 0 spiro atoms. The summed E-state index contributed by atoms with van der Waals surface area (Å²) in [6.07, 6.45) is 1.67. The van der Waals surface area contributed by atoms with E-state index < -0.39 is 0 Å². The van der Waals surface area contributed by atoms with Gasteiger partial charge >= 0.3 is 0 Å². The van der Waals surface area contributed by atoms with Gasteiger partial charge < -0.3 is 14.8 Å². The lowest BCUT2D eigenvalue weighted by Gasteiger charge is -2.46. The zero-order valence-electron chi connectivity index (χ0n) is 14.9. The van der Waals surface area contributed by atoms with Crippen LogP contribution in [-0.4, -0.2) is 31.1 Å². The van der Waals surface area contributed by atoms with Crippen molar-refractivity contribution in [3.63, 3.8) is 0 Å². The molecule has 0 amide bonds. The summed E-state index contributed by atoms with van der Waals surface area (Å²) in [6, 6.07) is 5.40. The third kappa shape index (κ3) is 4.61. The first-order valence-corrected chi connectivity index (χ1v) is 7.73. The van der Waals surface area contributed by atoms with E-state index in [1.165, 1.54) is 0 Å². The summed E-state index contributed by atoms with van der Waals surface area (Å²) in [5.41, 5.74) is 0.605. The van der Waals surface area contributed by atoms with Gasteiger partial charge in [0.1, 0.15) is 0 Å². The number of hydrogen-bond donors (Lipinski definition) is 1. The first-order chi connectivity index (χ1) is 10.2. The maximum Gasteiger partial charge on any atom is 0.166 e. The number of carbonyl (C=O) groups excluding carboxylic acids is 1. The fourth-order valence-electron chi connectivity index (χ4n) is 3.73. The van der Waals surface area contributed by atoms with Gasteiger partial charge in [-0.3, -0.25) is 4.79 Å². The summed E-state index contributed by atoms with van der Waals surface area (Å²) in [5.74, 6) is 1.44. The zero-order valence-corrected chi connectivity index (χ0v) is 15.7. The molecular formula is C18H28ClNO3. The topological polar surface area (TPSA) is 47.6 Å². The van der Waals surface area contributed by atoms with Gasteiger partial charge in [-0.05, 0) is 58.7 Å². The lowest BCUT2D eigenvalue weighted by Crippen LogP contribution is -2.58. The van der Waals surface area contributed by atoms with Crippen LogP contribution in [0.1, 0.15) is 50.9 Å². The fourth-order valence-corrected chi connectivity index (χ4v) is 3.73. The number of Topliss-reactive ketones (excluding diaryl/α,β-unsaturated/α-hetero) is 1. The molecule has 0 radical (unpaired) electrons. The molecular weight excluding hydrogens is 314 g/mol. The molecule has 1 aromatic rings. The van der Waals surface area contributed by atoms with Gasteiger partial charge in [0.15, 0.2) is 17.3 Å². The Morgan fingerprint density at radius 2 is 1.57 bits per heavy atom. The van der Waals surface area contributed by atoms with E-state index in [0.717, 1.165) is 12.8 Å². The Morgan fingerprint density at radius 3 is 2.04 bits per heavy atom. The molecule has 1 aromatic carbocycles. The van der Waals surface area contributed by atoms with Crippen LogP contribution >= 0.6 is 12.4 Å². The molecule has 1 saturated heterocycles. The molecule has 0 bridgehead atoms. The van der Waals surface area contributed by atoms with Gasteiger partial charge in [-0.2, -0.15) is 0 Å². The molecule has 1 fully saturated rings. The number of hydrogen-bond acceptors (Lipinski definition) is 4. The van der Waals surface area contributed by atoms with Crippen LogP contribution in [0.2, 0.25) is 0 Å². The van der Waals surface area contributed by atoms with E-state index in [4.69, 9.17) is 9.47 Å². The average molecular weight is 342 g/mol. The molecule has 0 aliphatic carbocycles. The highest BCUT2D eigenvalue weighted by molar-refractivity contribution is 5.98. The van der Waals surface area contributed by atoms with E-state index >= 15 is 0 Å². The third-order valence-electron chi connectivity index (χ3n) is 4.23. The first-order valence-electron chi connectivity index (χ1n) is 7.73. The van der Waals surface area contributed by atoms with Crippen LogP contribution in [0.3, 0.4) is 0 Å². The van der Waals surface area contributed by atoms with E-state index in [2.05, 4.69) is 33.0 Å². The van der Waals surface area contributed by atoms with Gasteiger partial charge in [0.2, 0.25) is 0 Å². The quantitative estimate of drug-likeness (QED) is 0.845. The van der Waals surface area contributed by atoms with Gasteiger partial charge in [-0.15, -0.1) is 12.4 Å². The number of ether oxygens (including phenoxy) is 2. The number of nitrogens with one attached hydrogen (secondary N) is 1. The van der Waals surface area contributed by atoms with Gasteiger partial charge in [0.05, 0.1) is 14.2 Å². The molecule has 1 N–H and O–H groups in total. The van der Waals surface area contributed by atoms with Crippen LogP contribution in [0.5, 0.6) is 11.5 Å². The van der Waals surface area contributed by atoms with Crippen molar-refractivity contribution in [2.45, 2.75) is 51.6 Å². The number of halogens is 1. The highest BCUT2D eigenvalue weighted by atomic mass is 35.5. The van der Waals surface area contributed by atoms with Gasteiger partial charge in [0, 0.05) is 22.6 Å². The van der Waals surface area contributed by atoms with Crippen LogP contribution in [0.25, 0.3) is 0 Å². The van der Waals surface area contributed by atoms with Crippen LogP contribution in [-0.2, 0) is 0 Å². The molecule has 1 aliphatic rings. The maximum atomic E-state index is 12.9. The highest BCUT2D eigenvalue weighted by Crippen LogP contribution is 2.36. The predicted molar refractivity (Wildman–Crippen MR) is 95.1 cm³/mol. The highest BCUT2D eigenvalue weighted by Gasteiger charge is 2.40. The Balaban J connectivity index is 0.00000264. The minimum Gasteiger partial charge on any atom is -0.493 e. The monoisotopic (exact) mass is 341 g/mol. The Labute approximate surface area is 145 Å². The van der Waals surface area contributed by atoms with E-state index in [0.29, 0.717) is 17.1 Å². The Bertz CT molecular complexity index is 553. The Morgan fingerprint density at radius 1 is 1.04 bits per heavy atom. The molecule has 23 heavy (non-hydrogen) atoms. The molecule has 2 rings (SSSR count). The summed E-state index contributed by atoms with van der Waals surface area (Å²) in [4.78, 5) is 12.9. The van der Waals surface area contributed by atoms with E-state index in [1.807, 2.05) is 6.07 Å². The smallest absolute Gasteiger partial charge is 0.166 e. The first kappa shape index (κ1) is 19.8. The van der Waals surface area contributed by atoms with E-state index in [9.17, 15) is 4.79 Å². The van der Waals surface area contributed by atoms with Crippen LogP contribution in [0.15, 0.2) is 18.2 Å². The van der Waals surface area contributed by atoms with Crippen LogP contribution in [0.4, 0.5) is 0 Å². The minimum atomic E-state index is -0.0430. The summed E-state index contributed by atoms with van der Waals surface area (Å²) >= 11 is 0. The Kier molecular flexibility index (Phi) is 6.11. The second kappa shape index (κ2) is 7.10. The third-order valence-corrected chi connectivity index (χ3v) is 4.23. The van der Waals surface area contributed by atoms with E-state index in [1.54, 1.807) is 26.4 Å². The second-order valence-electron chi connectivity index (χ2n) is 7.43. The van der Waals surface area contributed by atoms with Gasteiger partial charge in [-0.1, -0.05) is 0 Å². The molecule has 5 heteroatoms. The number of piperidine rings is 1. The van der Waals surface area contributed by atoms with Crippen molar-refractivity contribution in [1.29, 1.82) is 0 Å². The largest absolute Gasteiger partial charge is 0.493 e. The lowest BCUT2D eigenvalue weighted by molar-refractivity contribution is 0.0735. The summed E-state index contributed by atoms with van der Waals surface area (Å²) < 4.78 is 10.5. The van der Waals surface area contributed by atoms with Crippen molar-refractivity contribution in [2.75, 3.05) is 14.2 Å². The molecule has 1 aliphatic heterocycles. The van der Waals surface area contributed by atoms with Crippen molar-refractivity contribution < 1.29 is 14.3 Å². The molecule has 0 atom stereocenters. The van der Waals surface area contributed by atoms with Crippen molar-refractivity contribution in [3.05, 3.63) is 23.8 Å². The van der Waals surface area contributed by atoms with Crippen molar-refractivity contribution in [2.24, 2.45) is 5.92 Å². The summed E-state index contributed by atoms with van der Waals surface area (Å²) in [7, 11) is 3.18. The van der Waals surface area contributed by atoms with Crippen LogP contribution in [0, 0.1) is 5.92 Å². The number of benzene rings is 1. The molecule has 4 nitrogen and oxygen atoms in total. The second-order valence-corrected chi connectivity index (χ2v) is 7.43. The van der Waals surface area contributed by atoms with Crippen molar-refractivity contribution >= 4 is 18.2 Å². The predicted octanol–water partition coefficient (Wildman–Crippen LogP) is 3.87. The van der Waals surface area contributed by atoms with Crippen molar-refractivity contribution in [1.82, 2.24) is 5.32 Å². The normalized spacial score (nSPS) is 19.6. The van der Waals surface area contributed by atoms with E-state index in [-0.39, 0.29) is 35.2 Å². The van der Waals surface area contributed by atoms with Crippen molar-refractivity contribution in [3.8, 4) is 11.5 Å². The Hall–Kier alpha value is -1.26. The molecule has 130 valence electrons. The SMILES string of the molecule is COc1ccc(C(=O)C2CC(C)(C)NC(C)(C)C2)cc1OC.Cl. The van der Waals surface area contributed by atoms with Gasteiger partial charge in [-0.25, -0.2) is 0 Å². The molecule has 0 aromatic heterocycles. The standard InChI is InChI=1S/C18H27NO3.ClH/c1-17(2)10-13(11-18(3,4)19-17)16(20)12-7-8-14(21-5)15(9-12)22-6;/h7-9,13,19H,10-11H2,1-6H3;1H. The molecule has 0 unspecified atom stereocenters. The number of rotatable bonds is 4. The molecule has 1 heterocycles. The minimum absolute atomic E-state index is 0. The average Bonchev–Trinajstić information content (AvgIpc) is 2.42. The van der Waals surface area contributed by atoms with Gasteiger partial charge in [0.25, 0.3) is 0 Å². The number of ketones is 1. The maximum absolute atomic E-state index is 12.9. The fraction of sp³-hybridized carbons (Fsp3) is 0.611. The number of methoxy groups -OCH3 is 2. The molecule has 0 saturated carbocycles.